The van der Waals surface area contributed by atoms with E-state index in [-0.39, 0.29) is 22.2 Å². The summed E-state index contributed by atoms with van der Waals surface area (Å²) in [4.78, 5) is 54.1. The molecule has 2 amide bonds. The minimum Gasteiger partial charge on any atom is -0.477 e. The van der Waals surface area contributed by atoms with Gasteiger partial charge in [-0.15, -0.1) is 23.1 Å². The van der Waals surface area contributed by atoms with E-state index in [9.17, 15) is 19.5 Å². The zero-order valence-corrected chi connectivity index (χ0v) is 22.6. The lowest BCUT2D eigenvalue weighted by Gasteiger charge is -2.49. The summed E-state index contributed by atoms with van der Waals surface area (Å²) in [5.74, 6) is -1.99. The van der Waals surface area contributed by atoms with E-state index in [2.05, 4.69) is 20.4 Å². The first-order valence-electron chi connectivity index (χ1n) is 11.3. The Morgan fingerprint density at radius 3 is 2.95 bits per heavy atom. The van der Waals surface area contributed by atoms with Crippen LogP contribution in [0.25, 0.3) is 10.3 Å². The molecule has 0 bridgehead atoms. The van der Waals surface area contributed by atoms with Crippen LogP contribution in [0.4, 0.5) is 5.13 Å². The maximum absolute atomic E-state index is 13.0. The molecule has 0 spiro atoms. The SMILES string of the molecule is CON=C(C(=O)N[C@@H]1C(=O)N2C(C(=O)O)=C(/C=C/C[n+]3cccc4nc(C)sc43)SC[C@H]12)c1csc(N)n1. The minimum atomic E-state index is -1.22. The summed E-state index contributed by atoms with van der Waals surface area (Å²) in [5, 5.41) is 19.1. The summed E-state index contributed by atoms with van der Waals surface area (Å²) in [6, 6.07) is 2.43. The van der Waals surface area contributed by atoms with Gasteiger partial charge in [-0.25, -0.2) is 14.8 Å². The number of hydrogen-bond acceptors (Lipinski definition) is 11. The zero-order valence-electron chi connectivity index (χ0n) is 20.2. The summed E-state index contributed by atoms with van der Waals surface area (Å²) in [5.41, 5.74) is 6.54. The van der Waals surface area contributed by atoms with E-state index < -0.39 is 29.9 Å². The summed E-state index contributed by atoms with van der Waals surface area (Å²) in [7, 11) is 1.28. The van der Waals surface area contributed by atoms with E-state index in [0.717, 1.165) is 26.7 Å². The smallest absolute Gasteiger partial charge is 0.353 e. The lowest BCUT2D eigenvalue weighted by atomic mass is 9.94. The van der Waals surface area contributed by atoms with Crippen molar-refractivity contribution in [2.24, 2.45) is 5.16 Å². The second-order valence-electron chi connectivity index (χ2n) is 8.24. The number of thiazole rings is 2. The average molecular weight is 573 g/mol. The lowest BCUT2D eigenvalue weighted by Crippen LogP contribution is -2.73. The van der Waals surface area contributed by atoms with Gasteiger partial charge in [-0.3, -0.25) is 14.5 Å². The Labute approximate surface area is 228 Å². The van der Waals surface area contributed by atoms with Crippen LogP contribution in [0.1, 0.15) is 10.7 Å². The molecule has 5 rings (SSSR count). The molecule has 0 aliphatic carbocycles. The number of aromatic nitrogens is 3. The Morgan fingerprint density at radius 2 is 2.24 bits per heavy atom. The number of carbonyl (C=O) groups excluding carboxylic acids is 2. The summed E-state index contributed by atoms with van der Waals surface area (Å²) >= 11 is 4.04. The van der Waals surface area contributed by atoms with Crippen LogP contribution in [0, 0.1) is 6.92 Å². The Morgan fingerprint density at radius 1 is 1.42 bits per heavy atom. The molecule has 15 heteroatoms. The van der Waals surface area contributed by atoms with E-state index in [1.165, 1.54) is 23.8 Å². The molecule has 2 atom stereocenters. The molecule has 4 N–H and O–H groups in total. The number of allylic oxidation sites excluding steroid dienone is 2. The molecule has 3 aromatic heterocycles. The van der Waals surface area contributed by atoms with Gasteiger partial charge in [0.15, 0.2) is 23.6 Å². The predicted octanol–water partition coefficient (Wildman–Crippen LogP) is 1.28. The number of thioether (sulfide) groups is 1. The molecule has 196 valence electrons. The fourth-order valence-corrected chi connectivity index (χ4v) is 6.87. The van der Waals surface area contributed by atoms with Crippen LogP contribution in [0.3, 0.4) is 0 Å². The highest BCUT2D eigenvalue weighted by molar-refractivity contribution is 8.03. The number of anilines is 1. The quantitative estimate of drug-likeness (QED) is 0.156. The summed E-state index contributed by atoms with van der Waals surface area (Å²) < 4.78 is 2.03. The van der Waals surface area contributed by atoms with Crippen molar-refractivity contribution in [3.63, 3.8) is 0 Å². The number of nitrogens with two attached hydrogens (primary N) is 1. The van der Waals surface area contributed by atoms with Gasteiger partial charge in [0, 0.05) is 22.1 Å². The lowest BCUT2D eigenvalue weighted by molar-refractivity contribution is -0.659. The second kappa shape index (κ2) is 10.5. The van der Waals surface area contributed by atoms with Crippen LogP contribution in [-0.2, 0) is 25.8 Å². The number of amides is 2. The summed E-state index contributed by atoms with van der Waals surface area (Å²) in [6.45, 7) is 2.46. The number of carboxylic acid groups (broad SMARTS) is 1. The van der Waals surface area contributed by atoms with Crippen LogP contribution < -0.4 is 15.6 Å². The van der Waals surface area contributed by atoms with Gasteiger partial charge in [-0.2, -0.15) is 4.57 Å². The largest absolute Gasteiger partial charge is 0.477 e. The second-order valence-corrected chi connectivity index (χ2v) is 11.4. The molecule has 0 aromatic carbocycles. The molecule has 0 radical (unpaired) electrons. The van der Waals surface area contributed by atoms with Gasteiger partial charge in [-0.1, -0.05) is 16.5 Å². The molecular formula is C23H22N7O5S3+. The van der Waals surface area contributed by atoms with Crippen LogP contribution in [0.15, 0.2) is 51.6 Å². The van der Waals surface area contributed by atoms with Crippen LogP contribution in [0.5, 0.6) is 0 Å². The van der Waals surface area contributed by atoms with E-state index in [4.69, 9.17) is 10.6 Å². The maximum atomic E-state index is 13.0. The number of nitrogens with one attached hydrogen (secondary N) is 1. The molecule has 3 aromatic rings. The first-order chi connectivity index (χ1) is 18.3. The molecule has 1 fully saturated rings. The van der Waals surface area contributed by atoms with Crippen molar-refractivity contribution < 1.29 is 28.9 Å². The van der Waals surface area contributed by atoms with Crippen molar-refractivity contribution in [3.05, 3.63) is 57.2 Å². The van der Waals surface area contributed by atoms with Crippen molar-refractivity contribution in [3.8, 4) is 0 Å². The van der Waals surface area contributed by atoms with E-state index in [1.54, 1.807) is 22.8 Å². The predicted molar refractivity (Wildman–Crippen MR) is 143 cm³/mol. The van der Waals surface area contributed by atoms with Crippen LogP contribution >= 0.6 is 34.4 Å². The fraction of sp³-hybridized carbons (Fsp3) is 0.261. The third-order valence-electron chi connectivity index (χ3n) is 5.85. The number of nitrogen functional groups attached to an aromatic ring is 1. The number of pyridine rings is 1. The van der Waals surface area contributed by atoms with Gasteiger partial charge < -0.3 is 21.0 Å². The molecule has 5 heterocycles. The van der Waals surface area contributed by atoms with Crippen molar-refractivity contribution in [2.45, 2.75) is 25.6 Å². The van der Waals surface area contributed by atoms with Gasteiger partial charge in [0.05, 0.1) is 11.0 Å². The first kappa shape index (κ1) is 25.8. The zero-order chi connectivity index (χ0) is 27.0. The number of hydrogen-bond donors (Lipinski definition) is 3. The Kier molecular flexibility index (Phi) is 7.14. The Hall–Kier alpha value is -3.82. The fourth-order valence-electron chi connectivity index (χ4n) is 4.22. The van der Waals surface area contributed by atoms with E-state index in [0.29, 0.717) is 17.2 Å². The van der Waals surface area contributed by atoms with Gasteiger partial charge in [0.1, 0.15) is 30.1 Å². The molecule has 38 heavy (non-hydrogen) atoms. The molecule has 0 saturated carbocycles. The third-order valence-corrected chi connectivity index (χ3v) is 8.70. The van der Waals surface area contributed by atoms with E-state index >= 15 is 0 Å². The first-order valence-corrected chi connectivity index (χ1v) is 14.0. The van der Waals surface area contributed by atoms with Crippen molar-refractivity contribution >= 4 is 73.4 Å². The number of oxime groups is 1. The molecule has 0 unspecified atom stereocenters. The molecule has 12 nitrogen and oxygen atoms in total. The van der Waals surface area contributed by atoms with Crippen molar-refractivity contribution in [1.82, 2.24) is 20.2 Å². The highest BCUT2D eigenvalue weighted by atomic mass is 32.2. The number of β-lactam (4-membered cyclic amide) rings is 1. The van der Waals surface area contributed by atoms with Gasteiger partial charge in [0.25, 0.3) is 16.6 Å². The normalized spacial score (nSPS) is 19.6. The van der Waals surface area contributed by atoms with Gasteiger partial charge in [-0.05, 0) is 25.1 Å². The average Bonchev–Trinajstić information content (AvgIpc) is 3.49. The number of rotatable bonds is 8. The van der Waals surface area contributed by atoms with Crippen molar-refractivity contribution in [1.29, 1.82) is 0 Å². The van der Waals surface area contributed by atoms with Crippen molar-refractivity contribution in [2.75, 3.05) is 18.6 Å². The number of fused-ring (bicyclic) bond motifs is 2. The topological polar surface area (TPSA) is 164 Å². The molecular weight excluding hydrogens is 550 g/mol. The highest BCUT2D eigenvalue weighted by Crippen LogP contribution is 2.39. The number of carbonyl (C=O) groups is 3. The van der Waals surface area contributed by atoms with Crippen LogP contribution in [-0.4, -0.2) is 68.4 Å². The number of aryl methyl sites for hydroxylation is 1. The Bertz CT molecular complexity index is 1540. The van der Waals surface area contributed by atoms with Crippen LogP contribution in [0.2, 0.25) is 0 Å². The standard InChI is InChI=1S/C23H21N7O5S3/c1-11-25-12-5-3-7-29(21(12)38-11)8-4-6-15-18(22(33)34)30-14(10-36-15)17(20(30)32)27-19(31)16(28-35-2)13-9-37-23(24)26-13/h3-7,9,14,17H,8,10H2,1-2H3,(H3-,24,26,27,31,33,34)/p+1/b6-4+,28-16?/t14-,17+/m1/s1. The maximum Gasteiger partial charge on any atom is 0.353 e. The highest BCUT2D eigenvalue weighted by Gasteiger charge is 2.54. The summed E-state index contributed by atoms with van der Waals surface area (Å²) in [6.07, 6.45) is 5.52. The number of carboxylic acids is 1. The Balaban J connectivity index is 1.32. The third kappa shape index (κ3) is 4.75. The van der Waals surface area contributed by atoms with E-state index in [1.807, 2.05) is 35.9 Å². The minimum absolute atomic E-state index is 0.104. The molecule has 1 saturated heterocycles. The molecule has 2 aliphatic rings. The van der Waals surface area contributed by atoms with Gasteiger partial charge in [0.2, 0.25) is 0 Å². The monoisotopic (exact) mass is 572 g/mol. The van der Waals surface area contributed by atoms with Gasteiger partial charge >= 0.3 is 5.97 Å². The number of aliphatic carboxylic acids is 1. The number of nitrogens with zero attached hydrogens (tertiary/aromatic N) is 5. The molecule has 2 aliphatic heterocycles.